The van der Waals surface area contributed by atoms with Crippen LogP contribution in [0.15, 0.2) is 90.0 Å². The lowest BCUT2D eigenvalue weighted by Gasteiger charge is -2.22. The number of nitrogens with zero attached hydrogens (tertiary/aromatic N) is 3. The van der Waals surface area contributed by atoms with E-state index in [1.165, 1.54) is 15.9 Å². The molecule has 0 spiro atoms. The zero-order chi connectivity index (χ0) is 26.9. The van der Waals surface area contributed by atoms with Crippen molar-refractivity contribution in [1.82, 2.24) is 9.55 Å². The number of hydrogen-bond acceptors (Lipinski definition) is 7. The van der Waals surface area contributed by atoms with Gasteiger partial charge in [-0.05, 0) is 48.0 Å². The summed E-state index contributed by atoms with van der Waals surface area (Å²) in [6, 6.07) is 24.1. The first-order valence-corrected chi connectivity index (χ1v) is 13.7. The number of carbonyl (C=O) groups is 1. The van der Waals surface area contributed by atoms with E-state index in [4.69, 9.17) is 21.1 Å². The molecule has 7 nitrogen and oxygen atoms in total. The number of carbonyl (C=O) groups excluding carboxylic acids is 1. The van der Waals surface area contributed by atoms with Crippen molar-refractivity contribution in [3.63, 3.8) is 0 Å². The zero-order valence-electron chi connectivity index (χ0n) is 21.0. The van der Waals surface area contributed by atoms with E-state index < -0.39 is 0 Å². The van der Waals surface area contributed by atoms with E-state index in [1.807, 2.05) is 66.7 Å². The third-order valence-corrected chi connectivity index (χ3v) is 8.19. The number of fused-ring (bicyclic) bond motifs is 1. The van der Waals surface area contributed by atoms with Gasteiger partial charge in [0.25, 0.3) is 5.56 Å². The van der Waals surface area contributed by atoms with Gasteiger partial charge in [-0.15, -0.1) is 11.3 Å². The molecule has 0 saturated carbocycles. The molecule has 6 rings (SSSR count). The second-order valence-electron chi connectivity index (χ2n) is 9.24. The van der Waals surface area contributed by atoms with E-state index in [0.717, 1.165) is 29.1 Å². The predicted octanol–water partition coefficient (Wildman–Crippen LogP) is 6.21. The Hall–Kier alpha value is -4.14. The largest absolute Gasteiger partial charge is 0.495 e. The average Bonchev–Trinajstić information content (AvgIpc) is 3.62. The fourth-order valence-electron chi connectivity index (χ4n) is 4.77. The summed E-state index contributed by atoms with van der Waals surface area (Å²) >= 11 is 7.43. The minimum atomic E-state index is -0.320. The molecule has 1 aliphatic rings. The Labute approximate surface area is 233 Å². The summed E-state index contributed by atoms with van der Waals surface area (Å²) in [6.45, 7) is 1.28. The lowest BCUT2D eigenvalue weighted by atomic mass is 10.2. The number of esters is 1. The van der Waals surface area contributed by atoms with Gasteiger partial charge >= 0.3 is 5.97 Å². The molecule has 1 saturated heterocycles. The topological polar surface area (TPSA) is 73.7 Å². The molecular weight excluding hydrogens is 534 g/mol. The Balaban J connectivity index is 1.24. The molecule has 0 amide bonds. The summed E-state index contributed by atoms with van der Waals surface area (Å²) in [4.78, 5) is 33.6. The van der Waals surface area contributed by atoms with Crippen molar-refractivity contribution in [1.29, 1.82) is 0 Å². The Kier molecular flexibility index (Phi) is 6.81. The minimum absolute atomic E-state index is 0.144. The van der Waals surface area contributed by atoms with Crippen molar-refractivity contribution in [2.45, 2.75) is 12.5 Å². The lowest BCUT2D eigenvalue weighted by Crippen LogP contribution is -2.25. The second kappa shape index (κ2) is 10.6. The molecule has 5 aromatic rings. The number of aromatic nitrogens is 2. The highest BCUT2D eigenvalue weighted by Crippen LogP contribution is 2.35. The van der Waals surface area contributed by atoms with Crippen LogP contribution < -0.4 is 15.2 Å². The molecule has 0 N–H and O–H groups in total. The first kappa shape index (κ1) is 25.2. The van der Waals surface area contributed by atoms with Crippen molar-refractivity contribution in [3.8, 4) is 21.9 Å². The Morgan fingerprint density at radius 2 is 1.85 bits per heavy atom. The molecule has 1 atom stereocenters. The van der Waals surface area contributed by atoms with E-state index >= 15 is 0 Å². The van der Waals surface area contributed by atoms with E-state index in [9.17, 15) is 9.59 Å². The van der Waals surface area contributed by atoms with Gasteiger partial charge in [-0.3, -0.25) is 9.36 Å². The minimum Gasteiger partial charge on any atom is -0.495 e. The lowest BCUT2D eigenvalue weighted by molar-refractivity contribution is 0.0348. The summed E-state index contributed by atoms with van der Waals surface area (Å²) < 4.78 is 13.6. The molecule has 3 heterocycles. The molecule has 0 bridgehead atoms. The van der Waals surface area contributed by atoms with Gasteiger partial charge in [0.05, 0.1) is 36.1 Å². The van der Waals surface area contributed by atoms with Crippen molar-refractivity contribution in [2.24, 2.45) is 0 Å². The van der Waals surface area contributed by atoms with E-state index in [2.05, 4.69) is 9.88 Å². The average molecular weight is 558 g/mol. The van der Waals surface area contributed by atoms with Crippen LogP contribution in [0.25, 0.3) is 26.3 Å². The molecule has 2 aromatic heterocycles. The van der Waals surface area contributed by atoms with Crippen LogP contribution in [0.5, 0.6) is 5.75 Å². The second-order valence-corrected chi connectivity index (χ2v) is 10.7. The van der Waals surface area contributed by atoms with Crippen LogP contribution in [0.4, 0.5) is 5.69 Å². The number of methoxy groups -OCH3 is 1. The van der Waals surface area contributed by atoms with Crippen LogP contribution in [0, 0.1) is 0 Å². The van der Waals surface area contributed by atoms with Gasteiger partial charge in [0, 0.05) is 28.9 Å². The summed E-state index contributed by atoms with van der Waals surface area (Å²) in [5.41, 5.74) is 3.57. The maximum absolute atomic E-state index is 13.4. The fraction of sp³-hybridized carbons (Fsp3) is 0.167. The van der Waals surface area contributed by atoms with Crippen molar-refractivity contribution >= 4 is 44.8 Å². The molecule has 1 fully saturated rings. The van der Waals surface area contributed by atoms with Crippen molar-refractivity contribution in [3.05, 3.63) is 106 Å². The third kappa shape index (κ3) is 5.01. The van der Waals surface area contributed by atoms with Gasteiger partial charge in [-0.2, -0.15) is 0 Å². The zero-order valence-corrected chi connectivity index (χ0v) is 22.6. The fourth-order valence-corrected chi connectivity index (χ4v) is 5.94. The molecule has 9 heteroatoms. The van der Waals surface area contributed by atoms with Gasteiger partial charge in [-0.1, -0.05) is 41.9 Å². The highest BCUT2D eigenvalue weighted by molar-refractivity contribution is 7.22. The number of benzene rings is 3. The summed E-state index contributed by atoms with van der Waals surface area (Å²) in [7, 11) is 1.60. The number of thiophene rings is 1. The van der Waals surface area contributed by atoms with Gasteiger partial charge < -0.3 is 14.4 Å². The van der Waals surface area contributed by atoms with Gasteiger partial charge in [0.15, 0.2) is 0 Å². The molecule has 196 valence electrons. The quantitative estimate of drug-likeness (QED) is 0.231. The van der Waals surface area contributed by atoms with Crippen molar-refractivity contribution in [2.75, 3.05) is 25.1 Å². The van der Waals surface area contributed by atoms with Crippen molar-refractivity contribution < 1.29 is 14.3 Å². The number of hydrogen-bond donors (Lipinski definition) is 0. The number of halogens is 1. The first-order chi connectivity index (χ1) is 19.0. The Morgan fingerprint density at radius 1 is 1.05 bits per heavy atom. The smallest absolute Gasteiger partial charge is 0.338 e. The highest BCUT2D eigenvalue weighted by Gasteiger charge is 2.28. The summed E-state index contributed by atoms with van der Waals surface area (Å²) in [6.07, 6.45) is 2.05. The maximum Gasteiger partial charge on any atom is 0.338 e. The Morgan fingerprint density at radius 3 is 2.62 bits per heavy atom. The van der Waals surface area contributed by atoms with E-state index in [1.54, 1.807) is 25.6 Å². The van der Waals surface area contributed by atoms with Crippen LogP contribution in [-0.4, -0.2) is 41.8 Å². The molecule has 3 aromatic carbocycles. The van der Waals surface area contributed by atoms with Gasteiger partial charge in [-0.25, -0.2) is 9.78 Å². The maximum atomic E-state index is 13.4. The van der Waals surface area contributed by atoms with E-state index in [0.29, 0.717) is 38.8 Å². The summed E-state index contributed by atoms with van der Waals surface area (Å²) in [5, 5.41) is 0.662. The van der Waals surface area contributed by atoms with Crippen LogP contribution in [-0.2, 0) is 4.74 Å². The monoisotopic (exact) mass is 557 g/mol. The van der Waals surface area contributed by atoms with E-state index in [-0.39, 0.29) is 17.6 Å². The molecule has 0 aliphatic carbocycles. The number of ether oxygens (including phenoxy) is 2. The molecular formula is C30H24ClN3O4S. The highest BCUT2D eigenvalue weighted by atomic mass is 35.5. The number of rotatable bonds is 6. The number of anilines is 1. The van der Waals surface area contributed by atoms with Crippen LogP contribution in [0.2, 0.25) is 5.02 Å². The molecule has 39 heavy (non-hydrogen) atoms. The summed E-state index contributed by atoms with van der Waals surface area (Å²) in [5.74, 6) is 0.308. The van der Waals surface area contributed by atoms with Crippen LogP contribution >= 0.6 is 22.9 Å². The standard InChI is InChI=1S/C30H24ClN3O4S/c1-37-26-15-22(11-12-25(26)33-14-13-23(17-33)38-30(36)20-5-3-2-4-6-20)34-18-32-24-16-27(39-28(24)29(34)35)19-7-9-21(31)10-8-19/h2-12,15-16,18,23H,13-14,17H2,1H3/t23-/m1/s1. The normalized spacial score (nSPS) is 15.0. The SMILES string of the molecule is COc1cc(-n2cnc3cc(-c4ccc(Cl)cc4)sc3c2=O)ccc1N1CC[C@@H](OC(=O)c2ccccc2)C1. The van der Waals surface area contributed by atoms with Gasteiger partial charge in [0.1, 0.15) is 22.9 Å². The molecule has 1 aliphatic heterocycles. The molecule has 0 radical (unpaired) electrons. The first-order valence-electron chi connectivity index (χ1n) is 12.5. The Bertz CT molecular complexity index is 1720. The van der Waals surface area contributed by atoms with Crippen LogP contribution in [0.3, 0.4) is 0 Å². The van der Waals surface area contributed by atoms with Crippen LogP contribution in [0.1, 0.15) is 16.8 Å². The predicted molar refractivity (Wildman–Crippen MR) is 155 cm³/mol. The van der Waals surface area contributed by atoms with Gasteiger partial charge in [0.2, 0.25) is 0 Å². The molecule has 0 unspecified atom stereocenters. The third-order valence-electron chi connectivity index (χ3n) is 6.78.